The molecule has 0 bridgehead atoms. The number of amidine groups is 1. The van der Waals surface area contributed by atoms with Crippen LogP contribution in [0.25, 0.3) is 0 Å². The second-order valence-electron chi connectivity index (χ2n) is 10.4. The number of amides is 4. The fourth-order valence-electron chi connectivity index (χ4n) is 4.14. The van der Waals surface area contributed by atoms with Crippen LogP contribution < -0.4 is 33.2 Å². The number of carboxylic acid groups (broad SMARTS) is 1. The first kappa shape index (κ1) is 41.8. The van der Waals surface area contributed by atoms with Crippen molar-refractivity contribution in [2.45, 2.75) is 57.8 Å². The van der Waals surface area contributed by atoms with Crippen molar-refractivity contribution in [2.24, 2.45) is 29.0 Å². The van der Waals surface area contributed by atoms with E-state index in [2.05, 4.69) is 22.5 Å². The van der Waals surface area contributed by atoms with E-state index < -0.39 is 53.8 Å². The maximum Gasteiger partial charge on any atom is 0.490 e. The highest BCUT2D eigenvalue weighted by Crippen LogP contribution is 2.20. The third kappa shape index (κ3) is 15.1. The molecule has 0 aliphatic carbocycles. The van der Waals surface area contributed by atoms with Crippen LogP contribution >= 0.6 is 0 Å². The standard InChI is InChI=1S/C27H43N9O4.C2HF3O2/c1-5-13-33-24(38)19(15-17-9-11-18(12-10-17)22(28)29)26(40)36(4)21(16(3)6-2)25(39)35-20(23(30)37)8-7-14-34-27(31)32;3-2(4,5)1(6)7/h5,9-12,16,19-21H,1,6-8,13-15H2,2-4H3,(H3,28,29)(H2,30,37)(H,33,38)(H,35,39)(H4,31,32,34);(H,6,7)/t16?,19?,20-,21?;/m0./s1. The van der Waals surface area contributed by atoms with E-state index >= 15 is 0 Å². The third-order valence-corrected chi connectivity index (χ3v) is 6.84. The van der Waals surface area contributed by atoms with Gasteiger partial charge in [0.05, 0.1) is 0 Å². The number of nitrogens with zero attached hydrogens (tertiary/aromatic N) is 1. The van der Waals surface area contributed by atoms with Crippen molar-refractivity contribution >= 4 is 41.4 Å². The normalized spacial score (nSPS) is 13.2. The summed E-state index contributed by atoms with van der Waals surface area (Å²) in [5.41, 5.74) is 17.5. The van der Waals surface area contributed by atoms with E-state index in [4.69, 9.17) is 37.9 Å². The van der Waals surface area contributed by atoms with Crippen LogP contribution in [0.1, 0.15) is 44.2 Å². The Morgan fingerprint density at radius 1 is 1.04 bits per heavy atom. The number of benzene rings is 1. The van der Waals surface area contributed by atoms with Crippen LogP contribution in [0.5, 0.6) is 0 Å². The summed E-state index contributed by atoms with van der Waals surface area (Å²) < 4.78 is 31.7. The molecule has 0 aliphatic heterocycles. The van der Waals surface area contributed by atoms with Crippen molar-refractivity contribution in [3.8, 4) is 0 Å². The highest BCUT2D eigenvalue weighted by molar-refractivity contribution is 6.02. The summed E-state index contributed by atoms with van der Waals surface area (Å²) >= 11 is 0. The second-order valence-corrected chi connectivity index (χ2v) is 10.4. The van der Waals surface area contributed by atoms with Crippen LogP contribution in [0.15, 0.2) is 36.9 Å². The molecule has 18 heteroatoms. The van der Waals surface area contributed by atoms with Crippen LogP contribution in [0.2, 0.25) is 0 Å². The summed E-state index contributed by atoms with van der Waals surface area (Å²) in [7, 11) is 1.46. The van der Waals surface area contributed by atoms with E-state index in [1.807, 2.05) is 6.92 Å². The molecule has 0 saturated heterocycles. The monoisotopic (exact) mass is 671 g/mol. The minimum Gasteiger partial charge on any atom is -0.475 e. The number of nitrogens with one attached hydrogen (secondary N) is 5. The number of nitrogen functional groups attached to an aromatic ring is 1. The van der Waals surface area contributed by atoms with E-state index in [1.165, 1.54) is 18.0 Å². The Labute approximate surface area is 270 Å². The number of carboxylic acids is 1. The van der Waals surface area contributed by atoms with Gasteiger partial charge in [-0.3, -0.25) is 30.0 Å². The Hall–Kier alpha value is -5.16. The Morgan fingerprint density at radius 2 is 1.60 bits per heavy atom. The number of carbonyl (C=O) groups excluding carboxylic acids is 4. The quantitative estimate of drug-likeness (QED) is 0.0359. The molecule has 0 fully saturated rings. The van der Waals surface area contributed by atoms with Gasteiger partial charge >= 0.3 is 12.1 Å². The molecular formula is C29H44F3N9O6. The van der Waals surface area contributed by atoms with Gasteiger partial charge in [0.2, 0.25) is 23.6 Å². The summed E-state index contributed by atoms with van der Waals surface area (Å²) in [5.74, 6) is -6.93. The van der Waals surface area contributed by atoms with Gasteiger partial charge in [-0.2, -0.15) is 13.2 Å². The van der Waals surface area contributed by atoms with Crippen LogP contribution in [0, 0.1) is 22.7 Å². The molecule has 1 aromatic rings. The molecule has 0 spiro atoms. The zero-order valence-electron chi connectivity index (χ0n) is 26.4. The Morgan fingerprint density at radius 3 is 2.02 bits per heavy atom. The number of hydrogen-bond acceptors (Lipinski definition) is 7. The highest BCUT2D eigenvalue weighted by Gasteiger charge is 2.39. The molecule has 262 valence electrons. The molecule has 0 radical (unpaired) electrons. The van der Waals surface area contributed by atoms with E-state index in [1.54, 1.807) is 31.2 Å². The number of aliphatic carboxylic acids is 1. The van der Waals surface area contributed by atoms with Crippen molar-refractivity contribution in [1.82, 2.24) is 20.9 Å². The summed E-state index contributed by atoms with van der Waals surface area (Å²) in [4.78, 5) is 62.5. The highest BCUT2D eigenvalue weighted by atomic mass is 19.4. The Kier molecular flexibility index (Phi) is 17.9. The van der Waals surface area contributed by atoms with Crippen molar-refractivity contribution in [1.29, 1.82) is 10.8 Å². The predicted octanol–water partition coefficient (Wildman–Crippen LogP) is 0.171. The van der Waals surface area contributed by atoms with Crippen molar-refractivity contribution in [2.75, 3.05) is 20.1 Å². The predicted molar refractivity (Wildman–Crippen MR) is 168 cm³/mol. The largest absolute Gasteiger partial charge is 0.490 e. The van der Waals surface area contributed by atoms with Gasteiger partial charge in [0, 0.05) is 25.7 Å². The number of primary amides is 1. The fraction of sp³-hybridized carbons (Fsp3) is 0.483. The maximum absolute atomic E-state index is 13.8. The molecule has 0 aliphatic rings. The van der Waals surface area contributed by atoms with Gasteiger partial charge < -0.3 is 43.2 Å². The SMILES string of the molecule is C=CCNC(=O)C(Cc1ccc(C(=N)N)cc1)C(=O)N(C)C(C(=O)N[C@@H](CCCNC(=N)N)C(N)=O)C(C)CC.O=C(O)C(F)(F)F. The number of alkyl halides is 3. The number of rotatable bonds is 17. The lowest BCUT2D eigenvalue weighted by atomic mass is 9.92. The van der Waals surface area contributed by atoms with Gasteiger partial charge in [-0.05, 0) is 30.7 Å². The molecule has 4 atom stereocenters. The van der Waals surface area contributed by atoms with Crippen LogP contribution in [0.4, 0.5) is 13.2 Å². The van der Waals surface area contributed by atoms with Crippen LogP contribution in [-0.4, -0.2) is 89.8 Å². The molecule has 47 heavy (non-hydrogen) atoms. The Bertz CT molecular complexity index is 1270. The van der Waals surface area contributed by atoms with E-state index in [9.17, 15) is 32.3 Å². The second kappa shape index (κ2) is 20.1. The van der Waals surface area contributed by atoms with Gasteiger partial charge in [-0.15, -0.1) is 6.58 Å². The molecule has 1 rings (SSSR count). The number of halogens is 3. The number of guanidine groups is 1. The smallest absolute Gasteiger partial charge is 0.475 e. The van der Waals surface area contributed by atoms with Crippen LogP contribution in [-0.2, 0) is 30.4 Å². The van der Waals surface area contributed by atoms with Gasteiger partial charge in [0.1, 0.15) is 23.8 Å². The minimum absolute atomic E-state index is 0.0479. The maximum atomic E-state index is 13.8. The number of likely N-dealkylation sites (N-methyl/N-ethyl adjacent to an activating group) is 1. The molecule has 3 unspecified atom stereocenters. The van der Waals surface area contributed by atoms with E-state index in [0.717, 1.165) is 0 Å². The fourth-order valence-corrected chi connectivity index (χ4v) is 4.14. The van der Waals surface area contributed by atoms with Crippen molar-refractivity contribution in [3.05, 3.63) is 48.0 Å². The number of nitrogens with two attached hydrogens (primary N) is 3. The minimum atomic E-state index is -5.08. The molecular weight excluding hydrogens is 627 g/mol. The lowest BCUT2D eigenvalue weighted by molar-refractivity contribution is -0.192. The third-order valence-electron chi connectivity index (χ3n) is 6.84. The van der Waals surface area contributed by atoms with Crippen LogP contribution in [0.3, 0.4) is 0 Å². The molecule has 15 nitrogen and oxygen atoms in total. The van der Waals surface area contributed by atoms with Gasteiger partial charge in [0.25, 0.3) is 0 Å². The molecule has 12 N–H and O–H groups in total. The molecule has 0 aromatic heterocycles. The van der Waals surface area contributed by atoms with Gasteiger partial charge in [-0.1, -0.05) is 50.6 Å². The average molecular weight is 672 g/mol. The summed E-state index contributed by atoms with van der Waals surface area (Å²) in [6.07, 6.45) is -2.39. The van der Waals surface area contributed by atoms with Crippen molar-refractivity contribution in [3.63, 3.8) is 0 Å². The first-order chi connectivity index (χ1) is 21.8. The molecule has 4 amide bonds. The summed E-state index contributed by atoms with van der Waals surface area (Å²) in [5, 5.41) is 29.8. The lowest BCUT2D eigenvalue weighted by Crippen LogP contribution is -2.57. The zero-order valence-corrected chi connectivity index (χ0v) is 26.4. The molecule has 1 aromatic carbocycles. The van der Waals surface area contributed by atoms with Gasteiger partial charge in [0.15, 0.2) is 5.96 Å². The topological polar surface area (TPSA) is 271 Å². The lowest BCUT2D eigenvalue weighted by Gasteiger charge is -2.34. The average Bonchev–Trinajstić information content (AvgIpc) is 2.99. The summed E-state index contributed by atoms with van der Waals surface area (Å²) in [6, 6.07) is 4.67. The zero-order chi connectivity index (χ0) is 36.5. The van der Waals surface area contributed by atoms with E-state index in [0.29, 0.717) is 30.5 Å². The summed E-state index contributed by atoms with van der Waals surface area (Å²) in [6.45, 7) is 7.74. The first-order valence-electron chi connectivity index (χ1n) is 14.3. The number of hydrogen-bond donors (Lipinski definition) is 9. The molecule has 0 saturated carbocycles. The number of carbonyl (C=O) groups is 5. The molecule has 0 heterocycles. The van der Waals surface area contributed by atoms with E-state index in [-0.39, 0.29) is 37.1 Å². The first-order valence-corrected chi connectivity index (χ1v) is 14.3. The van der Waals surface area contributed by atoms with Gasteiger partial charge in [-0.25, -0.2) is 4.79 Å². The Balaban J connectivity index is 0.00000270. The van der Waals surface area contributed by atoms with Crippen molar-refractivity contribution < 1.29 is 42.3 Å².